The number of benzene rings is 1. The normalized spacial score (nSPS) is 15.6. The number of carbonyl (C=O) groups excluding carboxylic acids is 1. The van der Waals surface area contributed by atoms with Gasteiger partial charge in [0.25, 0.3) is 0 Å². The van der Waals surface area contributed by atoms with E-state index >= 15 is 0 Å². The molecule has 6 nitrogen and oxygen atoms in total. The Kier molecular flexibility index (Phi) is 7.35. The molecule has 134 valence electrons. The highest BCUT2D eigenvalue weighted by molar-refractivity contribution is 6.18. The van der Waals surface area contributed by atoms with Crippen LogP contribution in [0.3, 0.4) is 0 Å². The number of oxime groups is 1. The zero-order chi connectivity index (χ0) is 18.1. The number of rotatable bonds is 8. The molecule has 0 saturated heterocycles. The first-order valence-corrected chi connectivity index (χ1v) is 8.23. The van der Waals surface area contributed by atoms with Gasteiger partial charge in [-0.3, -0.25) is 0 Å². The number of methoxy groups -OCH3 is 2. The molecule has 1 aromatic carbocycles. The first kappa shape index (κ1) is 18.9. The van der Waals surface area contributed by atoms with Crippen molar-refractivity contribution in [1.82, 2.24) is 0 Å². The van der Waals surface area contributed by atoms with Crippen LogP contribution in [-0.2, 0) is 19.0 Å². The molecule has 0 radical (unpaired) electrons. The largest absolute Gasteiger partial charge is 0.497 e. The van der Waals surface area contributed by atoms with Gasteiger partial charge < -0.3 is 19.0 Å². The van der Waals surface area contributed by atoms with E-state index in [0.717, 1.165) is 0 Å². The molecule has 0 atom stereocenters. The van der Waals surface area contributed by atoms with Crippen LogP contribution in [-0.4, -0.2) is 45.0 Å². The molecular formula is C18H20ClNO5. The molecule has 0 aromatic heterocycles. The van der Waals surface area contributed by atoms with Crippen LogP contribution in [0.5, 0.6) is 0 Å². The summed E-state index contributed by atoms with van der Waals surface area (Å²) in [7, 11) is 3.06. The van der Waals surface area contributed by atoms with Crippen LogP contribution >= 0.6 is 11.6 Å². The van der Waals surface area contributed by atoms with E-state index in [0.29, 0.717) is 47.3 Å². The van der Waals surface area contributed by atoms with Crippen LogP contribution < -0.4 is 0 Å². The minimum absolute atomic E-state index is 0.00883. The lowest BCUT2D eigenvalue weighted by atomic mass is 10.0. The van der Waals surface area contributed by atoms with E-state index in [1.807, 2.05) is 12.1 Å². The van der Waals surface area contributed by atoms with Gasteiger partial charge in [0.2, 0.25) is 0 Å². The minimum Gasteiger partial charge on any atom is -0.497 e. The Morgan fingerprint density at radius 3 is 2.60 bits per heavy atom. The number of allylic oxidation sites excluding steroid dienone is 2. The lowest BCUT2D eigenvalue weighted by molar-refractivity contribution is 0.0532. The summed E-state index contributed by atoms with van der Waals surface area (Å²) in [6, 6.07) is 8.76. The van der Waals surface area contributed by atoms with Crippen molar-refractivity contribution in [2.24, 2.45) is 5.16 Å². The Hall–Kier alpha value is -2.47. The summed E-state index contributed by atoms with van der Waals surface area (Å²) in [5, 5.41) is 4.04. The molecule has 25 heavy (non-hydrogen) atoms. The Labute approximate surface area is 151 Å². The molecule has 7 heteroatoms. The molecule has 0 fully saturated rings. The van der Waals surface area contributed by atoms with E-state index in [2.05, 4.69) is 5.16 Å². The molecule has 0 N–H and O–H groups in total. The van der Waals surface area contributed by atoms with Crippen molar-refractivity contribution < 1.29 is 23.8 Å². The third-order valence-corrected chi connectivity index (χ3v) is 3.59. The molecule has 0 heterocycles. The van der Waals surface area contributed by atoms with Gasteiger partial charge in [-0.25, -0.2) is 4.79 Å². The van der Waals surface area contributed by atoms with Gasteiger partial charge >= 0.3 is 5.97 Å². The second-order valence-electron chi connectivity index (χ2n) is 4.99. The monoisotopic (exact) mass is 365 g/mol. The van der Waals surface area contributed by atoms with Crippen LogP contribution in [0.15, 0.2) is 58.7 Å². The number of hydrogen-bond donors (Lipinski definition) is 0. The standard InChI is InChI=1S/C18H20ClNO5/c1-22-16-9-8-15(20-25-11-10-19)17(23-2)14(16)12-24-18(21)13-6-4-3-5-7-13/h3-7,9H,8,10-12H2,1-2H3. The second-order valence-corrected chi connectivity index (χ2v) is 5.37. The maximum Gasteiger partial charge on any atom is 0.338 e. The number of ether oxygens (including phenoxy) is 3. The Morgan fingerprint density at radius 2 is 1.96 bits per heavy atom. The maximum absolute atomic E-state index is 12.2. The molecule has 0 spiro atoms. The van der Waals surface area contributed by atoms with Crippen LogP contribution in [0.2, 0.25) is 0 Å². The first-order chi connectivity index (χ1) is 12.2. The van der Waals surface area contributed by atoms with Crippen molar-refractivity contribution in [2.45, 2.75) is 6.42 Å². The van der Waals surface area contributed by atoms with Crippen LogP contribution in [0, 0.1) is 0 Å². The molecule has 1 aliphatic carbocycles. The first-order valence-electron chi connectivity index (χ1n) is 7.70. The summed E-state index contributed by atoms with van der Waals surface area (Å²) in [6.07, 6.45) is 2.31. The average Bonchev–Trinajstić information content (AvgIpc) is 2.66. The van der Waals surface area contributed by atoms with E-state index in [1.54, 1.807) is 31.4 Å². The van der Waals surface area contributed by atoms with E-state index in [4.69, 9.17) is 30.6 Å². The number of halogens is 1. The van der Waals surface area contributed by atoms with Crippen molar-refractivity contribution >= 4 is 23.3 Å². The summed E-state index contributed by atoms with van der Waals surface area (Å²) >= 11 is 5.58. The summed E-state index contributed by atoms with van der Waals surface area (Å²) in [6.45, 7) is 0.284. The fraction of sp³-hybridized carbons (Fsp3) is 0.333. The number of carbonyl (C=O) groups is 1. The van der Waals surface area contributed by atoms with E-state index in [-0.39, 0.29) is 6.61 Å². The number of esters is 1. The summed E-state index contributed by atoms with van der Waals surface area (Å²) < 4.78 is 16.2. The highest BCUT2D eigenvalue weighted by Gasteiger charge is 2.25. The third-order valence-electron chi connectivity index (χ3n) is 3.44. The molecular weight excluding hydrogens is 346 g/mol. The van der Waals surface area contributed by atoms with Crippen molar-refractivity contribution in [3.05, 3.63) is 59.1 Å². The summed E-state index contributed by atoms with van der Waals surface area (Å²) in [5.41, 5.74) is 1.65. The number of hydrogen-bond acceptors (Lipinski definition) is 6. The zero-order valence-electron chi connectivity index (χ0n) is 14.2. The SMILES string of the molecule is COC1=CCC(=NOCCCl)C(OC)=C1COC(=O)c1ccccc1. The maximum atomic E-state index is 12.2. The highest BCUT2D eigenvalue weighted by Crippen LogP contribution is 2.25. The lowest BCUT2D eigenvalue weighted by Crippen LogP contribution is -2.19. The molecule has 0 bridgehead atoms. The van der Waals surface area contributed by atoms with Crippen LogP contribution in [0.4, 0.5) is 0 Å². The van der Waals surface area contributed by atoms with Crippen molar-refractivity contribution in [3.8, 4) is 0 Å². The van der Waals surface area contributed by atoms with Crippen molar-refractivity contribution in [2.75, 3.05) is 33.3 Å². The molecule has 1 aliphatic rings. The third kappa shape index (κ3) is 5.00. The fourth-order valence-corrected chi connectivity index (χ4v) is 2.38. The summed E-state index contributed by atoms with van der Waals surface area (Å²) in [4.78, 5) is 17.3. The fourth-order valence-electron chi connectivity index (χ4n) is 2.31. The molecule has 2 rings (SSSR count). The van der Waals surface area contributed by atoms with Gasteiger partial charge in [-0.1, -0.05) is 23.4 Å². The average molecular weight is 366 g/mol. The van der Waals surface area contributed by atoms with E-state index < -0.39 is 5.97 Å². The highest BCUT2D eigenvalue weighted by atomic mass is 35.5. The molecule has 0 unspecified atom stereocenters. The van der Waals surface area contributed by atoms with Crippen LogP contribution in [0.25, 0.3) is 0 Å². The molecule has 1 aromatic rings. The lowest BCUT2D eigenvalue weighted by Gasteiger charge is -2.21. The zero-order valence-corrected chi connectivity index (χ0v) is 14.9. The van der Waals surface area contributed by atoms with Gasteiger partial charge in [-0.15, -0.1) is 11.6 Å². The van der Waals surface area contributed by atoms with Gasteiger partial charge in [-0.2, -0.15) is 0 Å². The number of nitrogens with zero attached hydrogens (tertiary/aromatic N) is 1. The second kappa shape index (κ2) is 9.74. The van der Waals surface area contributed by atoms with Gasteiger partial charge in [0, 0.05) is 6.42 Å². The predicted octanol–water partition coefficient (Wildman–Crippen LogP) is 3.29. The number of alkyl halides is 1. The van der Waals surface area contributed by atoms with Gasteiger partial charge in [0.05, 0.1) is 31.2 Å². The van der Waals surface area contributed by atoms with Gasteiger partial charge in [-0.05, 0) is 18.2 Å². The van der Waals surface area contributed by atoms with Gasteiger partial charge in [0.15, 0.2) is 5.76 Å². The van der Waals surface area contributed by atoms with E-state index in [1.165, 1.54) is 7.11 Å². The minimum atomic E-state index is -0.429. The Bertz CT molecular complexity index is 682. The summed E-state index contributed by atoms with van der Waals surface area (Å²) in [5.74, 6) is 0.953. The smallest absolute Gasteiger partial charge is 0.338 e. The topological polar surface area (TPSA) is 66.3 Å². The molecule has 0 amide bonds. The Balaban J connectivity index is 2.18. The quantitative estimate of drug-likeness (QED) is 0.306. The Morgan fingerprint density at radius 1 is 1.20 bits per heavy atom. The van der Waals surface area contributed by atoms with Gasteiger partial charge in [0.1, 0.15) is 24.7 Å². The molecule has 0 saturated carbocycles. The van der Waals surface area contributed by atoms with Crippen molar-refractivity contribution in [1.29, 1.82) is 0 Å². The van der Waals surface area contributed by atoms with E-state index in [9.17, 15) is 4.79 Å². The van der Waals surface area contributed by atoms with Crippen LogP contribution in [0.1, 0.15) is 16.8 Å². The predicted molar refractivity (Wildman–Crippen MR) is 94.6 cm³/mol. The molecule has 0 aliphatic heterocycles. The van der Waals surface area contributed by atoms with Crippen molar-refractivity contribution in [3.63, 3.8) is 0 Å².